The predicted octanol–water partition coefficient (Wildman–Crippen LogP) is 3.98. The molecule has 20 heteroatoms. The molecule has 3 aromatic carbocycles. The zero-order chi connectivity index (χ0) is 44.4. The van der Waals surface area contributed by atoms with E-state index in [9.17, 15) is 28.2 Å². The van der Waals surface area contributed by atoms with Gasteiger partial charge in [0.25, 0.3) is 11.8 Å². The van der Waals surface area contributed by atoms with Crippen LogP contribution in [0.4, 0.5) is 40.2 Å². The van der Waals surface area contributed by atoms with Gasteiger partial charge in [-0.05, 0) is 55.7 Å². The highest BCUT2D eigenvalue weighted by Gasteiger charge is 2.46. The Morgan fingerprint density at radius 1 is 0.921 bits per heavy atom. The number of rotatable bonds is 13. The number of halogens is 1. The molecule has 0 spiro atoms. The van der Waals surface area contributed by atoms with Crippen molar-refractivity contribution in [3.05, 3.63) is 83.0 Å². The van der Waals surface area contributed by atoms with Crippen LogP contribution < -0.4 is 35.2 Å². The Morgan fingerprint density at radius 3 is 2.40 bits per heavy atom. The van der Waals surface area contributed by atoms with E-state index in [0.717, 1.165) is 55.3 Å². The summed E-state index contributed by atoms with van der Waals surface area (Å²) < 4.78 is 19.6. The predicted molar refractivity (Wildman–Crippen MR) is 241 cm³/mol. The molecule has 5 amide bonds. The Balaban J connectivity index is 0.819. The molecule has 0 bridgehead atoms. The van der Waals surface area contributed by atoms with E-state index in [0.29, 0.717) is 53.0 Å². The fraction of sp³-hybridized carbons (Fsp3) is 0.372. The minimum Gasteiger partial charge on any atom is -0.494 e. The molecule has 330 valence electrons. The molecule has 63 heavy (non-hydrogen) atoms. The maximum absolute atomic E-state index is 13.5. The lowest BCUT2D eigenvalue weighted by atomic mass is 10.0. The first-order valence-corrected chi connectivity index (χ1v) is 22.5. The number of aromatic nitrogens is 2. The summed E-state index contributed by atoms with van der Waals surface area (Å²) in [6, 6.07) is 17.4. The Kier molecular flexibility index (Phi) is 12.9. The number of fused-ring (bicyclic) bond motifs is 1. The van der Waals surface area contributed by atoms with Crippen molar-refractivity contribution in [2.45, 2.75) is 37.8 Å². The average Bonchev–Trinajstić information content (AvgIpc) is 3.54. The van der Waals surface area contributed by atoms with Crippen LogP contribution in [0.3, 0.4) is 0 Å². The third kappa shape index (κ3) is 9.32. The number of amides is 5. The van der Waals surface area contributed by atoms with E-state index in [1.54, 1.807) is 36.9 Å². The van der Waals surface area contributed by atoms with Gasteiger partial charge < -0.3 is 25.6 Å². The summed E-state index contributed by atoms with van der Waals surface area (Å²) >= 11 is 6.50. The molecule has 4 aliphatic rings. The van der Waals surface area contributed by atoms with E-state index in [2.05, 4.69) is 45.9 Å². The van der Waals surface area contributed by atoms with Crippen LogP contribution in [-0.2, 0) is 25.4 Å². The first kappa shape index (κ1) is 43.5. The third-order valence-electron chi connectivity index (χ3n) is 11.9. The van der Waals surface area contributed by atoms with E-state index in [-0.39, 0.29) is 42.1 Å². The van der Waals surface area contributed by atoms with Crippen LogP contribution in [0, 0.1) is 0 Å². The van der Waals surface area contributed by atoms with Crippen LogP contribution in [0.5, 0.6) is 5.75 Å². The van der Waals surface area contributed by atoms with Gasteiger partial charge in [0.1, 0.15) is 27.8 Å². The highest BCUT2D eigenvalue weighted by Crippen LogP contribution is 2.36. The number of piperazine rings is 1. The molecule has 4 N–H and O–H groups in total. The number of ether oxygens (including phenoxy) is 1. The standard InChI is InChI=1S/C43H48ClN11O7S/c1-51(63(3)61)33-10-5-4-8-30(33)47-39-29(44)24-45-43(50-39)48-31-12-11-27(23-35(31)62-2)53-17-15-26(16-18-53)54-21-19-52(20-22-54)25-37(57)46-32-9-6-7-28-38(32)42(60)55(41(28)59)34-13-14-36(56)49-40(34)58/h4-12,23-24,26,34H,13-22,25H2,1-3H3,(H,46,57)(H,49,56,58)(H2,45,47,48,50). The van der Waals surface area contributed by atoms with Crippen LogP contribution in [-0.4, -0.2) is 137 Å². The smallest absolute Gasteiger partial charge is 0.264 e. The molecule has 0 saturated carbocycles. The van der Waals surface area contributed by atoms with Crippen LogP contribution >= 0.6 is 11.6 Å². The molecule has 2 atom stereocenters. The van der Waals surface area contributed by atoms with Gasteiger partial charge in [-0.15, -0.1) is 0 Å². The maximum atomic E-state index is 13.5. The number of methoxy groups -OCH3 is 1. The van der Waals surface area contributed by atoms with Crippen molar-refractivity contribution < 1.29 is 32.9 Å². The van der Waals surface area contributed by atoms with Crippen molar-refractivity contribution in [2.75, 3.05) is 91.4 Å². The summed E-state index contributed by atoms with van der Waals surface area (Å²) in [7, 11) is 2.14. The molecule has 0 aliphatic carbocycles. The van der Waals surface area contributed by atoms with E-state index >= 15 is 0 Å². The number of imide groups is 2. The monoisotopic (exact) mass is 897 g/mol. The second-order valence-electron chi connectivity index (χ2n) is 15.7. The van der Waals surface area contributed by atoms with Crippen LogP contribution in [0.15, 0.2) is 66.9 Å². The number of anilines is 7. The van der Waals surface area contributed by atoms with Crippen LogP contribution in [0.25, 0.3) is 0 Å². The lowest BCUT2D eigenvalue weighted by Crippen LogP contribution is -2.54. The quantitative estimate of drug-likeness (QED) is 0.141. The molecule has 4 aromatic rings. The highest BCUT2D eigenvalue weighted by molar-refractivity contribution is 7.85. The van der Waals surface area contributed by atoms with Gasteiger partial charge in [-0.1, -0.05) is 29.8 Å². The van der Waals surface area contributed by atoms with Gasteiger partial charge in [-0.2, -0.15) is 4.98 Å². The Bertz CT molecular complexity index is 2480. The molecule has 3 fully saturated rings. The van der Waals surface area contributed by atoms with Gasteiger partial charge >= 0.3 is 0 Å². The van der Waals surface area contributed by atoms with E-state index in [1.807, 2.05) is 42.5 Å². The van der Waals surface area contributed by atoms with Crippen molar-refractivity contribution in [2.24, 2.45) is 0 Å². The first-order valence-electron chi connectivity index (χ1n) is 20.6. The topological polar surface area (TPSA) is 202 Å². The number of hydrogen-bond acceptors (Lipinski definition) is 14. The Hall–Kier alpha value is -6.15. The summed E-state index contributed by atoms with van der Waals surface area (Å²) in [6.07, 6.45) is 5.15. The molecular formula is C43H48ClN11O7S. The summed E-state index contributed by atoms with van der Waals surface area (Å²) in [4.78, 5) is 80.9. The van der Waals surface area contributed by atoms with Crippen molar-refractivity contribution >= 4 is 92.3 Å². The number of para-hydroxylation sites is 2. The number of nitrogens with one attached hydrogen (secondary N) is 4. The van der Waals surface area contributed by atoms with Gasteiger partial charge in [-0.3, -0.25) is 48.3 Å². The van der Waals surface area contributed by atoms with E-state index < -0.39 is 40.7 Å². The van der Waals surface area contributed by atoms with Crippen molar-refractivity contribution in [3.8, 4) is 5.75 Å². The fourth-order valence-electron chi connectivity index (χ4n) is 8.52. The number of hydrogen-bond donors (Lipinski definition) is 4. The Labute approximate surface area is 371 Å². The van der Waals surface area contributed by atoms with Gasteiger partial charge in [0.2, 0.25) is 23.7 Å². The molecule has 3 saturated heterocycles. The molecule has 8 rings (SSSR count). The molecule has 0 radical (unpaired) electrons. The van der Waals surface area contributed by atoms with Gasteiger partial charge in [0, 0.05) is 76.8 Å². The molecule has 4 aliphatic heterocycles. The lowest BCUT2D eigenvalue weighted by Gasteiger charge is -2.43. The summed E-state index contributed by atoms with van der Waals surface area (Å²) in [5.41, 5.74) is 3.53. The van der Waals surface area contributed by atoms with Gasteiger partial charge in [0.05, 0.1) is 53.7 Å². The van der Waals surface area contributed by atoms with E-state index in [1.165, 1.54) is 12.3 Å². The van der Waals surface area contributed by atoms with Gasteiger partial charge in [0.15, 0.2) is 5.82 Å². The molecule has 1 aromatic heterocycles. The third-order valence-corrected chi connectivity index (χ3v) is 13.2. The molecule has 5 heterocycles. The van der Waals surface area contributed by atoms with Gasteiger partial charge in [-0.25, -0.2) is 9.19 Å². The summed E-state index contributed by atoms with van der Waals surface area (Å²) in [5, 5.41) is 11.9. The fourth-order valence-corrected chi connectivity index (χ4v) is 9.10. The molecule has 2 unspecified atom stereocenters. The SMILES string of the molecule is COc1cc(N2CCC(N3CCN(CC(=O)Nc4cccc5c4C(=O)N(C4CCC(=O)NC4=O)C5=O)CC3)CC2)ccc1Nc1ncc(Cl)c(Nc2ccccc2N(C)S(C)=O)n1. The number of piperidine rings is 2. The molecular weight excluding hydrogens is 850 g/mol. The maximum Gasteiger partial charge on any atom is 0.264 e. The number of carbonyl (C=O) groups excluding carboxylic acids is 5. The second-order valence-corrected chi connectivity index (χ2v) is 17.5. The van der Waals surface area contributed by atoms with Crippen LogP contribution in [0.2, 0.25) is 5.02 Å². The minimum absolute atomic E-state index is 0.0233. The first-order chi connectivity index (χ1) is 30.4. The zero-order valence-electron chi connectivity index (χ0n) is 35.1. The van der Waals surface area contributed by atoms with Crippen molar-refractivity contribution in [3.63, 3.8) is 0 Å². The largest absolute Gasteiger partial charge is 0.494 e. The van der Waals surface area contributed by atoms with Crippen LogP contribution in [0.1, 0.15) is 46.4 Å². The lowest BCUT2D eigenvalue weighted by molar-refractivity contribution is -0.136. The second kappa shape index (κ2) is 18.7. The summed E-state index contributed by atoms with van der Waals surface area (Å²) in [5.74, 6) is -1.40. The number of carbonyl (C=O) groups is 5. The molecule has 18 nitrogen and oxygen atoms in total. The Morgan fingerprint density at radius 2 is 1.67 bits per heavy atom. The highest BCUT2D eigenvalue weighted by atomic mass is 35.5. The average molecular weight is 898 g/mol. The minimum atomic E-state index is -1.23. The summed E-state index contributed by atoms with van der Waals surface area (Å²) in [6.45, 7) is 4.89. The normalized spacial score (nSPS) is 19.1. The van der Waals surface area contributed by atoms with Crippen molar-refractivity contribution in [1.29, 1.82) is 0 Å². The van der Waals surface area contributed by atoms with Crippen molar-refractivity contribution in [1.82, 2.24) is 30.0 Å². The number of benzene rings is 3. The van der Waals surface area contributed by atoms with E-state index in [4.69, 9.17) is 16.3 Å². The zero-order valence-corrected chi connectivity index (χ0v) is 36.6. The number of nitrogens with zero attached hydrogens (tertiary/aromatic N) is 7.